The molecule has 1 amide bonds. The highest BCUT2D eigenvalue weighted by Gasteiger charge is 2.03. The molecule has 13 heavy (non-hydrogen) atoms. The largest absolute Gasteiger partial charge is 0.366 e. The molecule has 0 aliphatic heterocycles. The maximum absolute atomic E-state index is 10.8. The summed E-state index contributed by atoms with van der Waals surface area (Å²) in [5.41, 5.74) is 7.33. The second-order valence-corrected chi connectivity index (χ2v) is 2.92. The van der Waals surface area contributed by atoms with E-state index < -0.39 is 5.91 Å². The molecule has 2 aromatic rings. The number of carbonyl (C=O) groups is 1. The summed E-state index contributed by atoms with van der Waals surface area (Å²) < 4.78 is 0. The number of hydrogen-bond donors (Lipinski definition) is 2. The van der Waals surface area contributed by atoms with E-state index in [2.05, 4.69) is 9.97 Å². The number of nitrogens with one attached hydrogen (secondary N) is 1. The van der Waals surface area contributed by atoms with Crippen molar-refractivity contribution in [1.29, 1.82) is 0 Å². The fraction of sp³-hybridized carbons (Fsp3) is 0.111. The van der Waals surface area contributed by atoms with Crippen LogP contribution in [-0.2, 0) is 0 Å². The van der Waals surface area contributed by atoms with Crippen molar-refractivity contribution in [2.75, 3.05) is 0 Å². The number of amides is 1. The van der Waals surface area contributed by atoms with Gasteiger partial charge in [-0.15, -0.1) is 0 Å². The van der Waals surface area contributed by atoms with E-state index in [1.807, 2.05) is 6.92 Å². The minimum absolute atomic E-state index is 0.422. The maximum Gasteiger partial charge on any atom is 0.248 e. The van der Waals surface area contributed by atoms with Crippen LogP contribution in [-0.4, -0.2) is 15.9 Å². The number of hydrogen-bond acceptors (Lipinski definition) is 2. The molecule has 0 unspecified atom stereocenters. The van der Waals surface area contributed by atoms with Gasteiger partial charge in [-0.25, -0.2) is 4.98 Å². The number of carbonyl (C=O) groups excluding carboxylic acids is 1. The molecule has 3 N–H and O–H groups in total. The number of aryl methyl sites for hydroxylation is 1. The lowest BCUT2D eigenvalue weighted by molar-refractivity contribution is 0.100. The lowest BCUT2D eigenvalue weighted by Crippen LogP contribution is -2.10. The predicted octanol–water partition coefficient (Wildman–Crippen LogP) is 0.970. The van der Waals surface area contributed by atoms with Crippen LogP contribution in [0, 0.1) is 6.92 Å². The smallest absolute Gasteiger partial charge is 0.248 e. The quantitative estimate of drug-likeness (QED) is 0.677. The summed E-state index contributed by atoms with van der Waals surface area (Å²) in [6, 6.07) is 5.15. The van der Waals surface area contributed by atoms with E-state index in [1.165, 1.54) is 0 Å². The Morgan fingerprint density at radius 3 is 3.00 bits per heavy atom. The summed E-state index contributed by atoms with van der Waals surface area (Å²) in [5, 5.41) is 0. The molecule has 0 atom stereocenters. The molecule has 0 fully saturated rings. The summed E-state index contributed by atoms with van der Waals surface area (Å²) in [5.74, 6) is 0.408. The van der Waals surface area contributed by atoms with Crippen LogP contribution in [0.15, 0.2) is 18.2 Å². The molecule has 0 saturated carbocycles. The fourth-order valence-corrected chi connectivity index (χ4v) is 1.29. The third-order valence-corrected chi connectivity index (χ3v) is 1.88. The molecule has 0 spiro atoms. The molecule has 0 aliphatic carbocycles. The van der Waals surface area contributed by atoms with E-state index in [1.54, 1.807) is 18.2 Å². The van der Waals surface area contributed by atoms with Gasteiger partial charge in [0.1, 0.15) is 5.82 Å². The predicted molar refractivity (Wildman–Crippen MR) is 49.3 cm³/mol. The third kappa shape index (κ3) is 1.26. The SMILES string of the molecule is Cc1nc2ccc(C(N)=O)cc2[nH]1. The second kappa shape index (κ2) is 2.58. The number of nitrogens with two attached hydrogens (primary N) is 1. The number of aromatic amines is 1. The molecular weight excluding hydrogens is 166 g/mol. The Balaban J connectivity index is 2.67. The molecule has 0 saturated heterocycles. The Morgan fingerprint density at radius 1 is 1.54 bits per heavy atom. The zero-order valence-electron chi connectivity index (χ0n) is 7.16. The zero-order valence-corrected chi connectivity index (χ0v) is 7.16. The molecular formula is C9H9N3O. The molecule has 0 aliphatic rings. The Kier molecular flexibility index (Phi) is 1.55. The van der Waals surface area contributed by atoms with Crippen molar-refractivity contribution in [1.82, 2.24) is 9.97 Å². The van der Waals surface area contributed by atoms with Crippen LogP contribution in [0.2, 0.25) is 0 Å². The first kappa shape index (κ1) is 7.79. The molecule has 1 aromatic heterocycles. The topological polar surface area (TPSA) is 71.8 Å². The normalized spacial score (nSPS) is 10.5. The van der Waals surface area contributed by atoms with Crippen LogP contribution < -0.4 is 5.73 Å². The van der Waals surface area contributed by atoms with Crippen molar-refractivity contribution >= 4 is 16.9 Å². The molecule has 66 valence electrons. The first-order chi connectivity index (χ1) is 6.16. The molecule has 2 rings (SSSR count). The number of primary amides is 1. The number of H-pyrrole nitrogens is 1. The molecule has 1 aromatic carbocycles. The minimum Gasteiger partial charge on any atom is -0.366 e. The Morgan fingerprint density at radius 2 is 2.31 bits per heavy atom. The van der Waals surface area contributed by atoms with E-state index in [0.29, 0.717) is 5.56 Å². The Hall–Kier alpha value is -1.84. The van der Waals surface area contributed by atoms with E-state index in [0.717, 1.165) is 16.9 Å². The van der Waals surface area contributed by atoms with Gasteiger partial charge < -0.3 is 10.7 Å². The fourth-order valence-electron chi connectivity index (χ4n) is 1.29. The van der Waals surface area contributed by atoms with Gasteiger partial charge in [-0.1, -0.05) is 0 Å². The van der Waals surface area contributed by atoms with Crippen LogP contribution in [0.5, 0.6) is 0 Å². The highest BCUT2D eigenvalue weighted by molar-refractivity contribution is 5.96. The summed E-state index contributed by atoms with van der Waals surface area (Å²) in [7, 11) is 0. The minimum atomic E-state index is -0.422. The van der Waals surface area contributed by atoms with Gasteiger partial charge in [0.25, 0.3) is 0 Å². The van der Waals surface area contributed by atoms with Crippen molar-refractivity contribution < 1.29 is 4.79 Å². The van der Waals surface area contributed by atoms with Crippen molar-refractivity contribution in [2.24, 2.45) is 5.73 Å². The van der Waals surface area contributed by atoms with Crippen LogP contribution in [0.3, 0.4) is 0 Å². The monoisotopic (exact) mass is 175 g/mol. The molecule has 0 bridgehead atoms. The number of rotatable bonds is 1. The number of benzene rings is 1. The van der Waals surface area contributed by atoms with Gasteiger partial charge in [0, 0.05) is 5.56 Å². The van der Waals surface area contributed by atoms with Gasteiger partial charge in [-0.3, -0.25) is 4.79 Å². The Labute approximate surface area is 74.8 Å². The summed E-state index contributed by atoms with van der Waals surface area (Å²) in [6.45, 7) is 1.87. The maximum atomic E-state index is 10.8. The standard InChI is InChI=1S/C9H9N3O/c1-5-11-7-3-2-6(9(10)13)4-8(7)12-5/h2-4H,1H3,(H2,10,13)(H,11,12). The molecule has 1 heterocycles. The highest BCUT2D eigenvalue weighted by Crippen LogP contribution is 2.12. The average Bonchev–Trinajstić information content (AvgIpc) is 2.42. The van der Waals surface area contributed by atoms with E-state index in [4.69, 9.17) is 5.73 Å². The highest BCUT2D eigenvalue weighted by atomic mass is 16.1. The van der Waals surface area contributed by atoms with E-state index in [-0.39, 0.29) is 0 Å². The van der Waals surface area contributed by atoms with Gasteiger partial charge in [0.05, 0.1) is 11.0 Å². The lowest BCUT2D eigenvalue weighted by atomic mass is 10.2. The van der Waals surface area contributed by atoms with Gasteiger partial charge in [-0.05, 0) is 25.1 Å². The number of imidazole rings is 1. The van der Waals surface area contributed by atoms with Gasteiger partial charge >= 0.3 is 0 Å². The van der Waals surface area contributed by atoms with Crippen LogP contribution in [0.4, 0.5) is 0 Å². The second-order valence-electron chi connectivity index (χ2n) is 2.92. The molecule has 4 nitrogen and oxygen atoms in total. The van der Waals surface area contributed by atoms with E-state index in [9.17, 15) is 4.79 Å². The average molecular weight is 175 g/mol. The molecule has 4 heteroatoms. The number of nitrogens with zero attached hydrogens (tertiary/aromatic N) is 1. The number of aromatic nitrogens is 2. The van der Waals surface area contributed by atoms with Crippen LogP contribution in [0.25, 0.3) is 11.0 Å². The van der Waals surface area contributed by atoms with Crippen molar-refractivity contribution in [3.63, 3.8) is 0 Å². The van der Waals surface area contributed by atoms with Gasteiger partial charge in [-0.2, -0.15) is 0 Å². The first-order valence-corrected chi connectivity index (χ1v) is 3.93. The summed E-state index contributed by atoms with van der Waals surface area (Å²) in [4.78, 5) is 18.1. The van der Waals surface area contributed by atoms with Crippen LogP contribution in [0.1, 0.15) is 16.2 Å². The Bertz CT molecular complexity index is 473. The lowest BCUT2D eigenvalue weighted by Gasteiger charge is -1.93. The number of fused-ring (bicyclic) bond motifs is 1. The summed E-state index contributed by atoms with van der Waals surface area (Å²) in [6.07, 6.45) is 0. The first-order valence-electron chi connectivity index (χ1n) is 3.93. The zero-order chi connectivity index (χ0) is 9.42. The van der Waals surface area contributed by atoms with Crippen molar-refractivity contribution in [3.05, 3.63) is 29.6 Å². The van der Waals surface area contributed by atoms with Crippen molar-refractivity contribution in [3.8, 4) is 0 Å². The molecule has 0 radical (unpaired) electrons. The van der Waals surface area contributed by atoms with E-state index >= 15 is 0 Å². The van der Waals surface area contributed by atoms with Crippen LogP contribution >= 0.6 is 0 Å². The third-order valence-electron chi connectivity index (χ3n) is 1.88. The van der Waals surface area contributed by atoms with Crippen molar-refractivity contribution in [2.45, 2.75) is 6.92 Å². The summed E-state index contributed by atoms with van der Waals surface area (Å²) >= 11 is 0. The van der Waals surface area contributed by atoms with Gasteiger partial charge in [0.15, 0.2) is 0 Å². The van der Waals surface area contributed by atoms with Gasteiger partial charge in [0.2, 0.25) is 5.91 Å².